The van der Waals surface area contributed by atoms with Gasteiger partial charge < -0.3 is 14.2 Å². The van der Waals surface area contributed by atoms with Crippen LogP contribution >= 0.6 is 0 Å². The highest BCUT2D eigenvalue weighted by atomic mass is 16.6. The maximum atomic E-state index is 12.9. The van der Waals surface area contributed by atoms with Crippen molar-refractivity contribution in [1.82, 2.24) is 0 Å². The van der Waals surface area contributed by atoms with E-state index >= 15 is 0 Å². The predicted octanol–water partition coefficient (Wildman–Crippen LogP) is 19.0. The molecule has 6 nitrogen and oxygen atoms in total. The van der Waals surface area contributed by atoms with Gasteiger partial charge in [0.2, 0.25) is 0 Å². The molecule has 0 aliphatic rings. The van der Waals surface area contributed by atoms with Gasteiger partial charge in [-0.3, -0.25) is 14.4 Å². The molecule has 0 spiro atoms. The standard InChI is InChI=1S/C65H100O6/c1-4-7-10-13-16-19-22-25-28-31-33-35-37-40-43-46-49-52-55-58-64(67)70-61-62(60-69-63(66)57-54-51-48-45-42-39-36-30-27-24-21-18-15-12-9-6-3)71-65(68)59-56-53-50-47-44-41-38-34-32-29-26-23-20-17-14-11-8-5-2/h7,9-12,14,16-21,23,25-30,32-35,38,40,43,62H,4-6,8,13,15,22,24,31,36-37,39,41-42,44-61H2,1-3H3/b10-7-,12-9-,14-11-,19-16-,20-17-,21-18-,26-23-,28-25-,30-27-,32-29-,35-33-,38-34-,43-40-. The lowest BCUT2D eigenvalue weighted by atomic mass is 10.1. The molecule has 396 valence electrons. The molecule has 0 radical (unpaired) electrons. The van der Waals surface area contributed by atoms with Gasteiger partial charge in [-0.2, -0.15) is 0 Å². The minimum absolute atomic E-state index is 0.114. The summed E-state index contributed by atoms with van der Waals surface area (Å²) >= 11 is 0. The molecule has 6 heteroatoms. The minimum atomic E-state index is -0.820. The third-order valence-corrected chi connectivity index (χ3v) is 11.1. The van der Waals surface area contributed by atoms with Crippen molar-refractivity contribution in [3.63, 3.8) is 0 Å². The number of hydrogen-bond acceptors (Lipinski definition) is 6. The summed E-state index contributed by atoms with van der Waals surface area (Å²) < 4.78 is 16.8. The van der Waals surface area contributed by atoms with Gasteiger partial charge in [-0.05, 0) is 116 Å². The first-order valence-electron chi connectivity index (χ1n) is 28.1. The highest BCUT2D eigenvalue weighted by Gasteiger charge is 2.19. The van der Waals surface area contributed by atoms with Crippen molar-refractivity contribution in [2.75, 3.05) is 13.2 Å². The van der Waals surface area contributed by atoms with Crippen molar-refractivity contribution in [2.24, 2.45) is 0 Å². The zero-order valence-electron chi connectivity index (χ0n) is 45.2. The van der Waals surface area contributed by atoms with Crippen molar-refractivity contribution in [1.29, 1.82) is 0 Å². The quantitative estimate of drug-likeness (QED) is 0.0199. The van der Waals surface area contributed by atoms with Crippen molar-refractivity contribution in [2.45, 2.75) is 219 Å². The van der Waals surface area contributed by atoms with E-state index in [2.05, 4.69) is 142 Å². The van der Waals surface area contributed by atoms with Crippen LogP contribution in [0.1, 0.15) is 213 Å². The smallest absolute Gasteiger partial charge is 0.306 e. The maximum absolute atomic E-state index is 12.9. The van der Waals surface area contributed by atoms with Crippen LogP contribution in [0.5, 0.6) is 0 Å². The van der Waals surface area contributed by atoms with E-state index in [0.29, 0.717) is 12.8 Å². The lowest BCUT2D eigenvalue weighted by Crippen LogP contribution is -2.30. The van der Waals surface area contributed by atoms with Crippen LogP contribution in [0.4, 0.5) is 0 Å². The molecule has 1 unspecified atom stereocenters. The van der Waals surface area contributed by atoms with Crippen LogP contribution in [0.15, 0.2) is 158 Å². The van der Waals surface area contributed by atoms with Gasteiger partial charge in [0.05, 0.1) is 0 Å². The Kier molecular flexibility index (Phi) is 53.6. The number of ether oxygens (including phenoxy) is 3. The summed E-state index contributed by atoms with van der Waals surface area (Å²) in [5.74, 6) is -0.993. The highest BCUT2D eigenvalue weighted by molar-refractivity contribution is 5.71. The Morgan fingerprint density at radius 2 is 0.606 bits per heavy atom. The van der Waals surface area contributed by atoms with E-state index in [1.54, 1.807) is 0 Å². The fourth-order valence-corrected chi connectivity index (χ4v) is 6.98. The first kappa shape index (κ1) is 66.0. The van der Waals surface area contributed by atoms with Crippen molar-refractivity contribution >= 4 is 17.9 Å². The van der Waals surface area contributed by atoms with Gasteiger partial charge in [-0.25, -0.2) is 0 Å². The lowest BCUT2D eigenvalue weighted by molar-refractivity contribution is -0.167. The second-order valence-electron chi connectivity index (χ2n) is 17.8. The van der Waals surface area contributed by atoms with E-state index in [1.165, 1.54) is 19.3 Å². The van der Waals surface area contributed by atoms with Gasteiger partial charge in [0.25, 0.3) is 0 Å². The van der Waals surface area contributed by atoms with Crippen molar-refractivity contribution < 1.29 is 28.6 Å². The Morgan fingerprint density at radius 1 is 0.310 bits per heavy atom. The largest absolute Gasteiger partial charge is 0.462 e. The molecule has 0 heterocycles. The Labute approximate surface area is 435 Å². The van der Waals surface area contributed by atoms with Crippen molar-refractivity contribution in [3.05, 3.63) is 158 Å². The summed E-state index contributed by atoms with van der Waals surface area (Å²) in [5.41, 5.74) is 0. The average molecular weight is 978 g/mol. The second-order valence-corrected chi connectivity index (χ2v) is 17.8. The fourth-order valence-electron chi connectivity index (χ4n) is 6.98. The summed E-state index contributed by atoms with van der Waals surface area (Å²) in [6, 6.07) is 0. The fraction of sp³-hybridized carbons (Fsp3) is 0.554. The van der Waals surface area contributed by atoms with Crippen LogP contribution in [-0.4, -0.2) is 37.2 Å². The summed E-state index contributed by atoms with van der Waals surface area (Å²) in [6.07, 6.45) is 83.6. The van der Waals surface area contributed by atoms with E-state index in [-0.39, 0.29) is 37.5 Å². The number of carbonyl (C=O) groups is 3. The minimum Gasteiger partial charge on any atom is -0.462 e. The Morgan fingerprint density at radius 3 is 1.00 bits per heavy atom. The molecule has 0 aromatic rings. The van der Waals surface area contributed by atoms with Crippen LogP contribution in [0.3, 0.4) is 0 Å². The van der Waals surface area contributed by atoms with Crippen LogP contribution in [-0.2, 0) is 28.6 Å². The van der Waals surface area contributed by atoms with Crippen LogP contribution in [0, 0.1) is 0 Å². The first-order chi connectivity index (χ1) is 35.0. The molecule has 0 saturated carbocycles. The molecule has 0 aromatic carbocycles. The lowest BCUT2D eigenvalue weighted by Gasteiger charge is -2.18. The van der Waals surface area contributed by atoms with E-state index in [0.717, 1.165) is 154 Å². The molecule has 0 fully saturated rings. The molecule has 0 aromatic heterocycles. The molecular formula is C65H100O6. The molecular weight excluding hydrogens is 877 g/mol. The number of carbonyl (C=O) groups excluding carboxylic acids is 3. The molecule has 0 aliphatic carbocycles. The molecule has 1 atom stereocenters. The third kappa shape index (κ3) is 55.8. The highest BCUT2D eigenvalue weighted by Crippen LogP contribution is 2.13. The summed E-state index contributed by atoms with van der Waals surface area (Å²) in [4.78, 5) is 38.2. The zero-order chi connectivity index (χ0) is 51.4. The molecule has 0 rings (SSSR count). The number of hydrogen-bond donors (Lipinski definition) is 0. The number of unbranched alkanes of at least 4 members (excludes halogenated alkanes) is 15. The summed E-state index contributed by atoms with van der Waals surface area (Å²) in [6.45, 7) is 6.25. The van der Waals surface area contributed by atoms with Gasteiger partial charge in [0, 0.05) is 19.3 Å². The Bertz CT molecular complexity index is 1640. The average Bonchev–Trinajstić information content (AvgIpc) is 3.37. The SMILES string of the molecule is CC/C=C\C/C=C\C/C=C\C/C=C\C/C=C\CCCCCC(=O)OCC(COC(=O)CCCCCCCC/C=C\C/C=C\C/C=C\CC)OC(=O)CCCCCCC\C=C/C=C\C=C/C=C\C=C/CCC. The first-order valence-corrected chi connectivity index (χ1v) is 28.1. The van der Waals surface area contributed by atoms with E-state index in [1.807, 2.05) is 36.5 Å². The predicted molar refractivity (Wildman–Crippen MR) is 306 cm³/mol. The van der Waals surface area contributed by atoms with E-state index < -0.39 is 6.10 Å². The van der Waals surface area contributed by atoms with Crippen LogP contribution in [0.2, 0.25) is 0 Å². The zero-order valence-corrected chi connectivity index (χ0v) is 45.2. The number of esters is 3. The number of rotatable bonds is 48. The topological polar surface area (TPSA) is 78.9 Å². The van der Waals surface area contributed by atoms with Gasteiger partial charge >= 0.3 is 17.9 Å². The van der Waals surface area contributed by atoms with E-state index in [9.17, 15) is 14.4 Å². The molecule has 0 aliphatic heterocycles. The maximum Gasteiger partial charge on any atom is 0.306 e. The summed E-state index contributed by atoms with van der Waals surface area (Å²) in [5, 5.41) is 0. The Hall–Kier alpha value is -4.97. The third-order valence-electron chi connectivity index (χ3n) is 11.1. The van der Waals surface area contributed by atoms with Crippen LogP contribution < -0.4 is 0 Å². The second kappa shape index (κ2) is 57.6. The van der Waals surface area contributed by atoms with Gasteiger partial charge in [-0.1, -0.05) is 237 Å². The van der Waals surface area contributed by atoms with Crippen LogP contribution in [0.25, 0.3) is 0 Å². The van der Waals surface area contributed by atoms with Gasteiger partial charge in [0.1, 0.15) is 13.2 Å². The Balaban J connectivity index is 4.57. The molecule has 0 bridgehead atoms. The molecule has 0 N–H and O–H groups in total. The number of allylic oxidation sites excluding steroid dienone is 26. The van der Waals surface area contributed by atoms with E-state index in [4.69, 9.17) is 14.2 Å². The van der Waals surface area contributed by atoms with Gasteiger partial charge in [-0.15, -0.1) is 0 Å². The van der Waals surface area contributed by atoms with Gasteiger partial charge in [0.15, 0.2) is 6.10 Å². The normalized spacial score (nSPS) is 13.3. The molecule has 71 heavy (non-hydrogen) atoms. The molecule has 0 saturated heterocycles. The monoisotopic (exact) mass is 977 g/mol. The summed E-state index contributed by atoms with van der Waals surface area (Å²) in [7, 11) is 0. The molecule has 0 amide bonds. The van der Waals surface area contributed by atoms with Crippen molar-refractivity contribution in [3.8, 4) is 0 Å².